The highest BCUT2D eigenvalue weighted by atomic mass is 127. The van der Waals surface area contributed by atoms with E-state index < -0.39 is 0 Å². The highest BCUT2D eigenvalue weighted by molar-refractivity contribution is 14.1. The van der Waals surface area contributed by atoms with Crippen LogP contribution in [0.25, 0.3) is 38.8 Å². The first kappa shape index (κ1) is 27.5. The van der Waals surface area contributed by atoms with Crippen LogP contribution in [-0.2, 0) is 6.42 Å². The van der Waals surface area contributed by atoms with Crippen molar-refractivity contribution < 1.29 is 0 Å². The molecule has 8 rings (SSSR count). The van der Waals surface area contributed by atoms with Gasteiger partial charge in [0.25, 0.3) is 0 Å². The van der Waals surface area contributed by atoms with Crippen molar-refractivity contribution in [3.05, 3.63) is 159 Å². The van der Waals surface area contributed by atoms with Crippen LogP contribution in [0.15, 0.2) is 133 Å². The highest BCUT2D eigenvalue weighted by Gasteiger charge is 2.18. The molecule has 3 nitrogen and oxygen atoms in total. The molecule has 6 heteroatoms. The predicted molar refractivity (Wildman–Crippen MR) is 180 cm³/mol. The summed E-state index contributed by atoms with van der Waals surface area (Å²) in [5, 5.41) is 3.40. The second-order valence-electron chi connectivity index (χ2n) is 9.45. The number of benzene rings is 4. The van der Waals surface area contributed by atoms with E-state index in [0.29, 0.717) is 10.3 Å². The third-order valence-corrected chi connectivity index (χ3v) is 7.98. The molecule has 0 spiro atoms. The maximum absolute atomic E-state index is 6.08. The average molecular weight is 684 g/mol. The van der Waals surface area contributed by atoms with Gasteiger partial charge in [0, 0.05) is 32.0 Å². The molecule has 0 radical (unpaired) electrons. The van der Waals surface area contributed by atoms with E-state index in [0.717, 1.165) is 34.4 Å². The lowest BCUT2D eigenvalue weighted by Gasteiger charge is -2.06. The zero-order valence-electron chi connectivity index (χ0n) is 21.9. The van der Waals surface area contributed by atoms with E-state index in [-0.39, 0.29) is 0 Å². The van der Waals surface area contributed by atoms with E-state index in [4.69, 9.17) is 23.2 Å². The molecule has 0 aliphatic heterocycles. The lowest BCUT2D eigenvalue weighted by Crippen LogP contribution is -1.94. The fraction of sp³-hybridized carbons (Fsp3) is 0.0286. The minimum absolute atomic E-state index is 0.512. The van der Waals surface area contributed by atoms with Crippen LogP contribution in [0.4, 0.5) is 0 Å². The molecule has 0 unspecified atom stereocenters. The SMILES string of the molecule is Clc1ccc2c(n1)Cc1ccccc1-2.Clc1ccc2c3ccccc3n(-c3ccccc3)c2n1.Ic1ccccc1. The van der Waals surface area contributed by atoms with Crippen LogP contribution >= 0.6 is 45.8 Å². The molecule has 7 aromatic rings. The van der Waals surface area contributed by atoms with Crippen molar-refractivity contribution in [2.24, 2.45) is 0 Å². The molecule has 200 valence electrons. The van der Waals surface area contributed by atoms with Gasteiger partial charge in [-0.2, -0.15) is 0 Å². The molecular formula is C35H24Cl2IN3. The summed E-state index contributed by atoms with van der Waals surface area (Å²) < 4.78 is 3.44. The molecule has 0 bridgehead atoms. The number of hydrogen-bond donors (Lipinski definition) is 0. The zero-order chi connectivity index (χ0) is 28.2. The number of fused-ring (bicyclic) bond motifs is 6. The topological polar surface area (TPSA) is 30.7 Å². The molecular weight excluding hydrogens is 660 g/mol. The van der Waals surface area contributed by atoms with Crippen molar-refractivity contribution in [3.63, 3.8) is 0 Å². The van der Waals surface area contributed by atoms with Crippen molar-refractivity contribution in [3.8, 4) is 16.8 Å². The van der Waals surface area contributed by atoms with E-state index in [1.807, 2.05) is 66.7 Å². The van der Waals surface area contributed by atoms with Crippen LogP contribution in [-0.4, -0.2) is 14.5 Å². The minimum atomic E-state index is 0.512. The van der Waals surface area contributed by atoms with Crippen LogP contribution in [0, 0.1) is 3.57 Å². The zero-order valence-corrected chi connectivity index (χ0v) is 25.6. The Morgan fingerprint density at radius 2 is 1.20 bits per heavy atom. The number of hydrogen-bond acceptors (Lipinski definition) is 2. The Kier molecular flexibility index (Phi) is 8.33. The Morgan fingerprint density at radius 3 is 1.95 bits per heavy atom. The third kappa shape index (κ3) is 6.01. The Hall–Kier alpha value is -3.71. The van der Waals surface area contributed by atoms with Gasteiger partial charge in [0.05, 0.1) is 11.2 Å². The van der Waals surface area contributed by atoms with Gasteiger partial charge in [-0.3, -0.25) is 4.57 Å². The maximum Gasteiger partial charge on any atom is 0.147 e. The summed E-state index contributed by atoms with van der Waals surface area (Å²) in [6, 6.07) is 44.9. The first-order valence-electron chi connectivity index (χ1n) is 13.1. The standard InChI is InChI=1S/C17H11ClN2.C12H8ClN.C6H5I/c18-16-11-10-14-13-8-4-5-9-15(13)20(17(14)19-16)12-6-2-1-3-7-12;13-12-6-5-10-9-4-2-1-3-8(9)7-11(10)14-12;7-6-4-2-1-3-5-6/h1-11H;1-6H,7H2;1-5H. The molecule has 3 heterocycles. The summed E-state index contributed by atoms with van der Waals surface area (Å²) in [6.07, 6.45) is 0.909. The van der Waals surface area contributed by atoms with Gasteiger partial charge in [0.1, 0.15) is 16.0 Å². The van der Waals surface area contributed by atoms with Crippen molar-refractivity contribution in [1.82, 2.24) is 14.5 Å². The van der Waals surface area contributed by atoms with E-state index in [2.05, 4.69) is 104 Å². The molecule has 0 N–H and O–H groups in total. The Labute approximate surface area is 262 Å². The average Bonchev–Trinajstić information content (AvgIpc) is 3.53. The Morgan fingerprint density at radius 1 is 0.561 bits per heavy atom. The van der Waals surface area contributed by atoms with Crippen LogP contribution in [0.1, 0.15) is 11.3 Å². The Balaban J connectivity index is 0.000000124. The summed E-state index contributed by atoms with van der Waals surface area (Å²) in [5.74, 6) is 0. The van der Waals surface area contributed by atoms with Gasteiger partial charge in [-0.15, -0.1) is 0 Å². The monoisotopic (exact) mass is 683 g/mol. The molecule has 0 amide bonds. The van der Waals surface area contributed by atoms with E-state index in [9.17, 15) is 0 Å². The van der Waals surface area contributed by atoms with Gasteiger partial charge in [-0.1, -0.05) is 102 Å². The number of rotatable bonds is 1. The van der Waals surface area contributed by atoms with Crippen LogP contribution in [0.5, 0.6) is 0 Å². The number of para-hydroxylation sites is 2. The maximum atomic E-state index is 6.08. The quantitative estimate of drug-likeness (QED) is 0.127. The Bertz CT molecular complexity index is 1950. The molecule has 0 atom stereocenters. The predicted octanol–water partition coefficient (Wildman–Crippen LogP) is 10.4. The van der Waals surface area contributed by atoms with E-state index in [1.165, 1.54) is 25.6 Å². The largest absolute Gasteiger partial charge is 0.294 e. The smallest absolute Gasteiger partial charge is 0.147 e. The first-order valence-corrected chi connectivity index (χ1v) is 15.0. The van der Waals surface area contributed by atoms with E-state index >= 15 is 0 Å². The fourth-order valence-corrected chi connectivity index (χ4v) is 5.77. The lowest BCUT2D eigenvalue weighted by atomic mass is 10.1. The summed E-state index contributed by atoms with van der Waals surface area (Å²) in [7, 11) is 0. The molecule has 1 aliphatic carbocycles. The normalized spacial score (nSPS) is 11.2. The van der Waals surface area contributed by atoms with Gasteiger partial charge < -0.3 is 0 Å². The third-order valence-electron chi connectivity index (χ3n) is 6.84. The van der Waals surface area contributed by atoms with Gasteiger partial charge in [-0.25, -0.2) is 9.97 Å². The van der Waals surface area contributed by atoms with Crippen LogP contribution in [0.3, 0.4) is 0 Å². The number of nitrogens with zero attached hydrogens (tertiary/aromatic N) is 3. The summed E-state index contributed by atoms with van der Waals surface area (Å²) in [4.78, 5) is 8.85. The van der Waals surface area contributed by atoms with Crippen molar-refractivity contribution in [1.29, 1.82) is 0 Å². The van der Waals surface area contributed by atoms with Gasteiger partial charge in [0.15, 0.2) is 0 Å². The van der Waals surface area contributed by atoms with Crippen molar-refractivity contribution in [2.45, 2.75) is 6.42 Å². The summed E-state index contributed by atoms with van der Waals surface area (Å²) >= 11 is 14.2. The second-order valence-corrected chi connectivity index (χ2v) is 11.5. The van der Waals surface area contributed by atoms with Gasteiger partial charge >= 0.3 is 0 Å². The molecule has 0 fully saturated rings. The molecule has 4 aromatic carbocycles. The fourth-order valence-electron chi connectivity index (χ4n) is 5.04. The molecule has 1 aliphatic rings. The summed E-state index contributed by atoms with van der Waals surface area (Å²) in [5.41, 5.74) is 8.09. The highest BCUT2D eigenvalue weighted by Crippen LogP contribution is 2.35. The molecule has 41 heavy (non-hydrogen) atoms. The molecule has 0 saturated heterocycles. The minimum Gasteiger partial charge on any atom is -0.294 e. The van der Waals surface area contributed by atoms with Crippen molar-refractivity contribution >= 4 is 67.7 Å². The number of aromatic nitrogens is 3. The molecule has 3 aromatic heterocycles. The van der Waals surface area contributed by atoms with Gasteiger partial charge in [-0.05, 0) is 88.3 Å². The number of halogens is 3. The van der Waals surface area contributed by atoms with E-state index in [1.54, 1.807) is 0 Å². The number of pyridine rings is 2. The second kappa shape index (κ2) is 12.4. The van der Waals surface area contributed by atoms with Crippen LogP contribution in [0.2, 0.25) is 10.3 Å². The van der Waals surface area contributed by atoms with Gasteiger partial charge in [0.2, 0.25) is 0 Å². The lowest BCUT2D eigenvalue weighted by molar-refractivity contribution is 1.12. The first-order chi connectivity index (χ1) is 20.1. The summed E-state index contributed by atoms with van der Waals surface area (Å²) in [6.45, 7) is 0. The van der Waals surface area contributed by atoms with Crippen molar-refractivity contribution in [2.75, 3.05) is 0 Å². The molecule has 0 saturated carbocycles. The van der Waals surface area contributed by atoms with Crippen LogP contribution < -0.4 is 0 Å².